The topological polar surface area (TPSA) is 89.5 Å². The van der Waals surface area contributed by atoms with Crippen molar-refractivity contribution >= 4 is 5.91 Å². The quantitative estimate of drug-likeness (QED) is 0.717. The Morgan fingerprint density at radius 1 is 1.23 bits per heavy atom. The third-order valence-electron chi connectivity index (χ3n) is 10.9. The summed E-state index contributed by atoms with van der Waals surface area (Å²) in [5.41, 5.74) is 3.12. The number of carbonyl (C=O) groups is 1. The van der Waals surface area contributed by atoms with Gasteiger partial charge in [0.25, 0.3) is 11.5 Å². The summed E-state index contributed by atoms with van der Waals surface area (Å²) in [5.74, 6) is 2.10. The van der Waals surface area contributed by atoms with Crippen molar-refractivity contribution in [2.75, 3.05) is 19.6 Å². The lowest BCUT2D eigenvalue weighted by Gasteiger charge is -2.66. The molecule has 2 aliphatic heterocycles. The number of phenols is 1. The van der Waals surface area contributed by atoms with Gasteiger partial charge in [0.2, 0.25) is 0 Å². The van der Waals surface area contributed by atoms with Crippen LogP contribution in [-0.2, 0) is 11.8 Å². The maximum absolute atomic E-state index is 13.6. The first-order valence-corrected chi connectivity index (χ1v) is 13.4. The van der Waals surface area contributed by atoms with Crippen molar-refractivity contribution in [1.82, 2.24) is 19.8 Å². The molecule has 1 aromatic heterocycles. The van der Waals surface area contributed by atoms with Gasteiger partial charge in [-0.15, -0.1) is 0 Å². The zero-order valence-electron chi connectivity index (χ0n) is 19.9. The minimum Gasteiger partial charge on any atom is -0.508 e. The van der Waals surface area contributed by atoms with E-state index >= 15 is 0 Å². The molecule has 3 heterocycles. The molecule has 7 nitrogen and oxygen atoms in total. The number of likely N-dealkylation sites (tertiary alicyclic amines) is 2. The molecule has 3 saturated carbocycles. The molecule has 5 fully saturated rings. The summed E-state index contributed by atoms with van der Waals surface area (Å²) < 4.78 is 0. The number of carbonyl (C=O) groups excluding carboxylic acids is 1. The fourth-order valence-electron chi connectivity index (χ4n) is 9.78. The number of amides is 1. The van der Waals surface area contributed by atoms with Crippen LogP contribution in [0.25, 0.3) is 0 Å². The SMILES string of the molecule is O=C(c1c[nH]c(=O)cn1)N1C[C@H]2C[C@@]34CC[C@@H]1[C@@H]2[C@@]31CCN(CC2CC2)[C@@H]4Cc2ccc(O)cc21. The van der Waals surface area contributed by atoms with Gasteiger partial charge in [0.15, 0.2) is 0 Å². The van der Waals surface area contributed by atoms with Crippen LogP contribution in [0.15, 0.2) is 35.4 Å². The van der Waals surface area contributed by atoms with Gasteiger partial charge in [-0.2, -0.15) is 0 Å². The second-order valence-electron chi connectivity index (χ2n) is 12.2. The highest BCUT2D eigenvalue weighted by molar-refractivity contribution is 5.92. The predicted octanol–water partition coefficient (Wildman–Crippen LogP) is 2.69. The number of aromatic amines is 1. The summed E-state index contributed by atoms with van der Waals surface area (Å²) in [6.45, 7) is 3.16. The number of fused-ring (bicyclic) bond motifs is 1. The molecule has 2 aromatic rings. The second-order valence-corrected chi connectivity index (χ2v) is 12.2. The first-order chi connectivity index (χ1) is 17.0. The Bertz CT molecular complexity index is 1280. The maximum Gasteiger partial charge on any atom is 0.274 e. The Labute approximate surface area is 204 Å². The summed E-state index contributed by atoms with van der Waals surface area (Å²) in [7, 11) is 0. The normalized spacial score (nSPS) is 38.8. The summed E-state index contributed by atoms with van der Waals surface area (Å²) >= 11 is 0. The Morgan fingerprint density at radius 2 is 2.11 bits per heavy atom. The first kappa shape index (κ1) is 20.5. The maximum atomic E-state index is 13.6. The van der Waals surface area contributed by atoms with E-state index in [9.17, 15) is 14.7 Å². The van der Waals surface area contributed by atoms with Gasteiger partial charge >= 0.3 is 0 Å². The van der Waals surface area contributed by atoms with Crippen LogP contribution < -0.4 is 5.56 Å². The number of nitrogens with zero attached hydrogens (tertiary/aromatic N) is 3. The van der Waals surface area contributed by atoms with E-state index < -0.39 is 0 Å². The first-order valence-electron chi connectivity index (χ1n) is 13.4. The van der Waals surface area contributed by atoms with Gasteiger partial charge in [-0.1, -0.05) is 6.07 Å². The molecule has 0 unspecified atom stereocenters. The van der Waals surface area contributed by atoms with E-state index in [1.165, 1.54) is 49.3 Å². The number of aromatic nitrogens is 2. The Hall–Kier alpha value is -2.67. The van der Waals surface area contributed by atoms with Crippen LogP contribution in [0.3, 0.4) is 0 Å². The number of rotatable bonds is 3. The molecule has 1 aromatic carbocycles. The van der Waals surface area contributed by atoms with Crippen LogP contribution in [-0.4, -0.2) is 62.5 Å². The molecule has 6 atom stereocenters. The smallest absolute Gasteiger partial charge is 0.274 e. The molecule has 4 aliphatic carbocycles. The molecule has 4 bridgehead atoms. The molecule has 182 valence electrons. The van der Waals surface area contributed by atoms with Gasteiger partial charge < -0.3 is 15.0 Å². The average Bonchev–Trinajstić information content (AvgIpc) is 3.54. The highest BCUT2D eigenvalue weighted by Crippen LogP contribution is 2.75. The minimum atomic E-state index is -0.288. The summed E-state index contributed by atoms with van der Waals surface area (Å²) in [5, 5.41) is 10.6. The lowest BCUT2D eigenvalue weighted by molar-refractivity contribution is -0.102. The number of hydrogen-bond acceptors (Lipinski definition) is 5. The summed E-state index contributed by atoms with van der Waals surface area (Å²) in [6, 6.07) is 6.89. The van der Waals surface area contributed by atoms with Crippen LogP contribution >= 0.6 is 0 Å². The van der Waals surface area contributed by atoms with Crippen LogP contribution in [0.5, 0.6) is 5.75 Å². The number of hydrogen-bond donors (Lipinski definition) is 2. The molecule has 1 amide bonds. The van der Waals surface area contributed by atoms with E-state index in [0.717, 1.165) is 44.7 Å². The molecule has 35 heavy (non-hydrogen) atoms. The van der Waals surface area contributed by atoms with Crippen molar-refractivity contribution in [2.24, 2.45) is 23.2 Å². The lowest BCUT2D eigenvalue weighted by atomic mass is 9.43. The fraction of sp³-hybridized carbons (Fsp3) is 0.607. The predicted molar refractivity (Wildman–Crippen MR) is 129 cm³/mol. The molecule has 2 saturated heterocycles. The molecule has 0 radical (unpaired) electrons. The zero-order valence-corrected chi connectivity index (χ0v) is 19.9. The van der Waals surface area contributed by atoms with E-state index in [0.29, 0.717) is 29.3 Å². The number of aromatic hydroxyl groups is 1. The number of H-pyrrole nitrogens is 1. The van der Waals surface area contributed by atoms with Crippen molar-refractivity contribution < 1.29 is 9.90 Å². The van der Waals surface area contributed by atoms with Crippen molar-refractivity contribution in [1.29, 1.82) is 0 Å². The van der Waals surface area contributed by atoms with Crippen molar-refractivity contribution in [3.05, 3.63) is 57.8 Å². The molecule has 6 aliphatic rings. The Balaban J connectivity index is 1.24. The van der Waals surface area contributed by atoms with Crippen molar-refractivity contribution in [3.8, 4) is 5.75 Å². The van der Waals surface area contributed by atoms with Crippen LogP contribution in [0.4, 0.5) is 0 Å². The minimum absolute atomic E-state index is 0.0328. The number of nitrogens with one attached hydrogen (secondary N) is 1. The number of benzene rings is 1. The Morgan fingerprint density at radius 3 is 2.91 bits per heavy atom. The van der Waals surface area contributed by atoms with Gasteiger partial charge in [-0.25, -0.2) is 4.98 Å². The second kappa shape index (κ2) is 6.75. The summed E-state index contributed by atoms with van der Waals surface area (Å²) in [6.07, 6.45) is 11.0. The van der Waals surface area contributed by atoms with Crippen molar-refractivity contribution in [3.63, 3.8) is 0 Å². The van der Waals surface area contributed by atoms with E-state index in [-0.39, 0.29) is 28.3 Å². The zero-order chi connectivity index (χ0) is 23.5. The van der Waals surface area contributed by atoms with Crippen LogP contribution in [0, 0.1) is 23.2 Å². The number of piperidine rings is 1. The average molecular weight is 473 g/mol. The van der Waals surface area contributed by atoms with E-state index in [4.69, 9.17) is 0 Å². The third-order valence-corrected chi connectivity index (χ3v) is 10.9. The fourth-order valence-corrected chi connectivity index (χ4v) is 9.78. The summed E-state index contributed by atoms with van der Waals surface area (Å²) in [4.78, 5) is 36.8. The molecule has 0 spiro atoms. The highest BCUT2D eigenvalue weighted by atomic mass is 16.3. The Kier molecular flexibility index (Phi) is 3.96. The van der Waals surface area contributed by atoms with Gasteiger partial charge in [0, 0.05) is 36.8 Å². The molecular formula is C28H32N4O3. The van der Waals surface area contributed by atoms with Gasteiger partial charge in [0.05, 0.1) is 6.20 Å². The van der Waals surface area contributed by atoms with E-state index in [2.05, 4.69) is 31.9 Å². The lowest BCUT2D eigenvalue weighted by Crippen LogP contribution is -2.69. The highest BCUT2D eigenvalue weighted by Gasteiger charge is 2.76. The van der Waals surface area contributed by atoms with Gasteiger partial charge in [-0.05, 0) is 97.9 Å². The van der Waals surface area contributed by atoms with Crippen molar-refractivity contribution in [2.45, 2.75) is 62.4 Å². The van der Waals surface area contributed by atoms with Gasteiger partial charge in [-0.3, -0.25) is 14.5 Å². The van der Waals surface area contributed by atoms with E-state index in [1.54, 1.807) is 0 Å². The number of phenolic OH excluding ortho intramolecular Hbond substituents is 1. The standard InChI is InChI=1S/C28H32N4O3/c33-19-4-3-17-9-23-27-6-5-22-25(28(27,20(17)10-19)7-8-31(23)14-16-1-2-16)18(11-27)15-32(22)26(35)21-12-30-24(34)13-29-21/h3-4,10,12-13,16,18,22-23,25,33H,1-2,5-9,11,14-15H2,(H,30,34)/t18-,22-,23-,25-,27-,28+/m1/s1. The molecular weight excluding hydrogens is 440 g/mol. The molecule has 7 heteroatoms. The van der Waals surface area contributed by atoms with Crippen LogP contribution in [0.1, 0.15) is 60.1 Å². The molecule has 8 rings (SSSR count). The third kappa shape index (κ3) is 2.52. The van der Waals surface area contributed by atoms with Gasteiger partial charge in [0.1, 0.15) is 11.4 Å². The molecule has 2 N–H and O–H groups in total. The van der Waals surface area contributed by atoms with Crippen LogP contribution in [0.2, 0.25) is 0 Å². The van der Waals surface area contributed by atoms with E-state index in [1.807, 2.05) is 6.07 Å². The largest absolute Gasteiger partial charge is 0.508 e. The monoisotopic (exact) mass is 472 g/mol.